The number of rotatable bonds is 7. The maximum absolute atomic E-state index is 5.98. The third-order valence-corrected chi connectivity index (χ3v) is 3.30. The molecule has 18 heavy (non-hydrogen) atoms. The Morgan fingerprint density at radius 1 is 1.33 bits per heavy atom. The van der Waals surface area contributed by atoms with E-state index in [1.54, 1.807) is 0 Å². The number of likely N-dealkylation sites (N-methyl/N-ethyl adjacent to an activating group) is 1. The lowest BCUT2D eigenvalue weighted by Gasteiger charge is -2.21. The van der Waals surface area contributed by atoms with Gasteiger partial charge in [0.1, 0.15) is 0 Å². The fourth-order valence-corrected chi connectivity index (χ4v) is 1.99. The van der Waals surface area contributed by atoms with E-state index in [1.165, 1.54) is 0 Å². The molecule has 3 nitrogen and oxygen atoms in total. The standard InChI is InChI=1S/C14H23BrN2O/c1-11(2)6-8-18-9-7-17(3)14-5-4-12(15)10-13(14)16/h4-5,10-11H,6-9,16H2,1-3H3. The van der Waals surface area contributed by atoms with E-state index >= 15 is 0 Å². The summed E-state index contributed by atoms with van der Waals surface area (Å²) in [5, 5.41) is 0. The number of ether oxygens (including phenoxy) is 1. The second-order valence-electron chi connectivity index (χ2n) is 4.92. The maximum atomic E-state index is 5.98. The van der Waals surface area contributed by atoms with Gasteiger partial charge in [0.2, 0.25) is 0 Å². The van der Waals surface area contributed by atoms with Gasteiger partial charge in [0.15, 0.2) is 0 Å². The van der Waals surface area contributed by atoms with Gasteiger partial charge in [0.05, 0.1) is 18.0 Å². The first-order chi connectivity index (χ1) is 8.50. The van der Waals surface area contributed by atoms with E-state index in [9.17, 15) is 0 Å². The molecule has 1 rings (SSSR count). The highest BCUT2D eigenvalue weighted by molar-refractivity contribution is 9.10. The molecule has 0 radical (unpaired) electrons. The predicted octanol–water partition coefficient (Wildman–Crippen LogP) is 3.53. The first-order valence-electron chi connectivity index (χ1n) is 6.34. The highest BCUT2D eigenvalue weighted by atomic mass is 79.9. The SMILES string of the molecule is CC(C)CCOCCN(C)c1ccc(Br)cc1N. The minimum absolute atomic E-state index is 0.699. The molecule has 0 atom stereocenters. The molecule has 0 aromatic heterocycles. The smallest absolute Gasteiger partial charge is 0.0641 e. The van der Waals surface area contributed by atoms with Crippen molar-refractivity contribution in [2.24, 2.45) is 5.92 Å². The van der Waals surface area contributed by atoms with Gasteiger partial charge < -0.3 is 15.4 Å². The zero-order chi connectivity index (χ0) is 13.5. The lowest BCUT2D eigenvalue weighted by molar-refractivity contribution is 0.130. The van der Waals surface area contributed by atoms with Crippen molar-refractivity contribution < 1.29 is 4.74 Å². The van der Waals surface area contributed by atoms with Crippen LogP contribution < -0.4 is 10.6 Å². The molecule has 0 heterocycles. The van der Waals surface area contributed by atoms with E-state index in [2.05, 4.69) is 34.7 Å². The second kappa shape index (κ2) is 7.64. The highest BCUT2D eigenvalue weighted by Gasteiger charge is 2.05. The van der Waals surface area contributed by atoms with Crippen LogP contribution in [0, 0.1) is 5.92 Å². The molecular weight excluding hydrogens is 292 g/mol. The number of benzene rings is 1. The van der Waals surface area contributed by atoms with Crippen LogP contribution in [0.3, 0.4) is 0 Å². The summed E-state index contributed by atoms with van der Waals surface area (Å²) in [6, 6.07) is 5.95. The van der Waals surface area contributed by atoms with E-state index in [-0.39, 0.29) is 0 Å². The van der Waals surface area contributed by atoms with Crippen LogP contribution in [0.4, 0.5) is 11.4 Å². The molecule has 1 aromatic carbocycles. The van der Waals surface area contributed by atoms with Crippen LogP contribution in [0.25, 0.3) is 0 Å². The Kier molecular flexibility index (Phi) is 6.50. The average Bonchev–Trinajstić information content (AvgIpc) is 2.27. The van der Waals surface area contributed by atoms with Crippen molar-refractivity contribution in [3.05, 3.63) is 22.7 Å². The first kappa shape index (κ1) is 15.3. The molecule has 0 saturated carbocycles. The van der Waals surface area contributed by atoms with Crippen molar-refractivity contribution >= 4 is 27.3 Å². The Labute approximate surface area is 118 Å². The van der Waals surface area contributed by atoms with E-state index in [4.69, 9.17) is 10.5 Å². The fraction of sp³-hybridized carbons (Fsp3) is 0.571. The molecule has 0 aliphatic heterocycles. The van der Waals surface area contributed by atoms with E-state index in [0.717, 1.165) is 42.0 Å². The third-order valence-electron chi connectivity index (χ3n) is 2.81. The van der Waals surface area contributed by atoms with Crippen molar-refractivity contribution in [1.82, 2.24) is 0 Å². The summed E-state index contributed by atoms with van der Waals surface area (Å²) in [6.45, 7) is 6.83. The number of nitrogens with two attached hydrogens (primary N) is 1. The molecule has 0 aliphatic rings. The van der Waals surface area contributed by atoms with Crippen molar-refractivity contribution in [3.8, 4) is 0 Å². The van der Waals surface area contributed by atoms with Gasteiger partial charge >= 0.3 is 0 Å². The minimum atomic E-state index is 0.699. The minimum Gasteiger partial charge on any atom is -0.397 e. The van der Waals surface area contributed by atoms with Gasteiger partial charge in [-0.1, -0.05) is 29.8 Å². The van der Waals surface area contributed by atoms with E-state index in [1.807, 2.05) is 25.2 Å². The number of hydrogen-bond donors (Lipinski definition) is 1. The molecular formula is C14H23BrN2O. The molecule has 102 valence electrons. The van der Waals surface area contributed by atoms with Gasteiger partial charge in [0.25, 0.3) is 0 Å². The van der Waals surface area contributed by atoms with E-state index in [0.29, 0.717) is 5.92 Å². The fourth-order valence-electron chi connectivity index (χ4n) is 1.62. The monoisotopic (exact) mass is 314 g/mol. The summed E-state index contributed by atoms with van der Waals surface area (Å²) < 4.78 is 6.61. The second-order valence-corrected chi connectivity index (χ2v) is 5.84. The van der Waals surface area contributed by atoms with E-state index < -0.39 is 0 Å². The molecule has 2 N–H and O–H groups in total. The lowest BCUT2D eigenvalue weighted by Crippen LogP contribution is -2.23. The topological polar surface area (TPSA) is 38.5 Å². The lowest BCUT2D eigenvalue weighted by atomic mass is 10.1. The van der Waals surface area contributed by atoms with Crippen LogP contribution in [-0.2, 0) is 4.74 Å². The quantitative estimate of drug-likeness (QED) is 0.618. The molecule has 4 heteroatoms. The van der Waals surface area contributed by atoms with Crippen molar-refractivity contribution in [3.63, 3.8) is 0 Å². The number of nitrogens with zero attached hydrogens (tertiary/aromatic N) is 1. The van der Waals surface area contributed by atoms with Crippen LogP contribution >= 0.6 is 15.9 Å². The molecule has 0 aliphatic carbocycles. The van der Waals surface area contributed by atoms with Gasteiger partial charge in [-0.2, -0.15) is 0 Å². The van der Waals surface area contributed by atoms with Crippen LogP contribution in [0.5, 0.6) is 0 Å². The number of hydrogen-bond acceptors (Lipinski definition) is 3. The Morgan fingerprint density at radius 2 is 2.06 bits per heavy atom. The summed E-state index contributed by atoms with van der Waals surface area (Å²) in [5.41, 5.74) is 7.81. The number of halogens is 1. The predicted molar refractivity (Wildman–Crippen MR) is 82.1 cm³/mol. The van der Waals surface area contributed by atoms with Crippen molar-refractivity contribution in [2.75, 3.05) is 37.4 Å². The van der Waals surface area contributed by atoms with Crippen LogP contribution in [0.1, 0.15) is 20.3 Å². The third kappa shape index (κ3) is 5.27. The van der Waals surface area contributed by atoms with Gasteiger partial charge in [-0.15, -0.1) is 0 Å². The molecule has 1 aromatic rings. The zero-order valence-corrected chi connectivity index (χ0v) is 13.0. The van der Waals surface area contributed by atoms with Gasteiger partial charge in [0, 0.05) is 24.7 Å². The summed E-state index contributed by atoms with van der Waals surface area (Å²) in [6.07, 6.45) is 1.12. The molecule has 0 bridgehead atoms. The van der Waals surface area contributed by atoms with Crippen LogP contribution in [-0.4, -0.2) is 26.8 Å². The Balaban J connectivity index is 2.34. The van der Waals surface area contributed by atoms with Gasteiger partial charge in [-0.25, -0.2) is 0 Å². The Morgan fingerprint density at radius 3 is 2.67 bits per heavy atom. The summed E-state index contributed by atoms with van der Waals surface area (Å²) in [4.78, 5) is 2.12. The van der Waals surface area contributed by atoms with Gasteiger partial charge in [-0.3, -0.25) is 0 Å². The summed E-state index contributed by atoms with van der Waals surface area (Å²) in [7, 11) is 2.03. The molecule has 0 spiro atoms. The molecule has 0 amide bonds. The largest absolute Gasteiger partial charge is 0.397 e. The first-order valence-corrected chi connectivity index (χ1v) is 7.14. The Bertz CT molecular complexity index is 369. The summed E-state index contributed by atoms with van der Waals surface area (Å²) >= 11 is 3.41. The van der Waals surface area contributed by atoms with Crippen LogP contribution in [0.2, 0.25) is 0 Å². The zero-order valence-electron chi connectivity index (χ0n) is 11.4. The number of anilines is 2. The molecule has 0 saturated heterocycles. The molecule has 0 unspecified atom stereocenters. The van der Waals surface area contributed by atoms with Gasteiger partial charge in [-0.05, 0) is 30.5 Å². The highest BCUT2D eigenvalue weighted by Crippen LogP contribution is 2.25. The summed E-state index contributed by atoms with van der Waals surface area (Å²) in [5.74, 6) is 0.699. The van der Waals surface area contributed by atoms with Crippen molar-refractivity contribution in [2.45, 2.75) is 20.3 Å². The van der Waals surface area contributed by atoms with Crippen LogP contribution in [0.15, 0.2) is 22.7 Å². The normalized spacial score (nSPS) is 10.9. The Hall–Kier alpha value is -0.740. The van der Waals surface area contributed by atoms with Crippen molar-refractivity contribution in [1.29, 1.82) is 0 Å². The number of nitrogen functional groups attached to an aromatic ring is 1. The molecule has 0 fully saturated rings. The maximum Gasteiger partial charge on any atom is 0.0641 e. The average molecular weight is 315 g/mol.